The first-order valence-corrected chi connectivity index (χ1v) is 6.43. The van der Waals surface area contributed by atoms with E-state index in [9.17, 15) is 9.18 Å². The van der Waals surface area contributed by atoms with Gasteiger partial charge in [0.25, 0.3) is 0 Å². The topological polar surface area (TPSA) is 54.0 Å². The third-order valence-corrected chi connectivity index (χ3v) is 2.84. The summed E-state index contributed by atoms with van der Waals surface area (Å²) in [5, 5.41) is 5.66. The number of hydrogen-bond acceptors (Lipinski definition) is 2. The Labute approximate surface area is 121 Å². The molecule has 0 aliphatic heterocycles. The Bertz CT molecular complexity index is 606. The number of carbonyl (C=O) groups is 1. The molecule has 4 nitrogen and oxygen atoms in total. The van der Waals surface area contributed by atoms with Crippen LogP contribution in [0.2, 0.25) is 5.02 Å². The molecule has 20 heavy (non-hydrogen) atoms. The van der Waals surface area contributed by atoms with Crippen LogP contribution >= 0.6 is 11.6 Å². The summed E-state index contributed by atoms with van der Waals surface area (Å²) in [7, 11) is 0. The second-order valence-corrected chi connectivity index (χ2v) is 4.52. The molecule has 0 bridgehead atoms. The zero-order valence-electron chi connectivity index (χ0n) is 10.6. The highest BCUT2D eigenvalue weighted by Crippen LogP contribution is 2.11. The first-order chi connectivity index (χ1) is 9.65. The van der Waals surface area contributed by atoms with Gasteiger partial charge in [0.15, 0.2) is 0 Å². The van der Waals surface area contributed by atoms with E-state index in [4.69, 9.17) is 11.6 Å². The van der Waals surface area contributed by atoms with Crippen molar-refractivity contribution in [3.05, 3.63) is 59.0 Å². The molecule has 0 saturated carbocycles. The molecule has 1 aromatic heterocycles. The van der Waals surface area contributed by atoms with Gasteiger partial charge in [-0.15, -0.1) is 0 Å². The Morgan fingerprint density at radius 1 is 1.30 bits per heavy atom. The lowest BCUT2D eigenvalue weighted by molar-refractivity contribution is 0.252. The van der Waals surface area contributed by atoms with E-state index in [2.05, 4.69) is 15.6 Å². The van der Waals surface area contributed by atoms with Gasteiger partial charge >= 0.3 is 6.03 Å². The van der Waals surface area contributed by atoms with Gasteiger partial charge < -0.3 is 5.32 Å². The number of nitrogens with one attached hydrogen (secondary N) is 2. The van der Waals surface area contributed by atoms with Gasteiger partial charge in [0.2, 0.25) is 0 Å². The van der Waals surface area contributed by atoms with E-state index in [1.165, 1.54) is 18.3 Å². The molecule has 0 fully saturated rings. The smallest absolute Gasteiger partial charge is 0.320 e. The van der Waals surface area contributed by atoms with Crippen molar-refractivity contribution in [2.24, 2.45) is 0 Å². The molecular weight excluding hydrogens is 281 g/mol. The highest BCUT2D eigenvalue weighted by atomic mass is 35.5. The van der Waals surface area contributed by atoms with Crippen molar-refractivity contribution in [3.8, 4) is 0 Å². The van der Waals surface area contributed by atoms with Crippen molar-refractivity contribution in [1.82, 2.24) is 10.3 Å². The van der Waals surface area contributed by atoms with E-state index in [0.717, 1.165) is 0 Å². The first kappa shape index (κ1) is 14.3. The van der Waals surface area contributed by atoms with Crippen molar-refractivity contribution < 1.29 is 9.18 Å². The summed E-state index contributed by atoms with van der Waals surface area (Å²) in [6.45, 7) is 0.327. The summed E-state index contributed by atoms with van der Waals surface area (Å²) < 4.78 is 13.4. The zero-order chi connectivity index (χ0) is 14.4. The zero-order valence-corrected chi connectivity index (χ0v) is 11.3. The molecule has 2 N–H and O–H groups in total. The molecule has 2 amide bonds. The molecule has 0 atom stereocenters. The Morgan fingerprint density at radius 2 is 2.10 bits per heavy atom. The predicted octanol–water partition coefficient (Wildman–Crippen LogP) is 3.24. The fourth-order valence-corrected chi connectivity index (χ4v) is 1.81. The van der Waals surface area contributed by atoms with Gasteiger partial charge in [-0.2, -0.15) is 0 Å². The fraction of sp³-hybridized carbons (Fsp3) is 0.143. The van der Waals surface area contributed by atoms with Crippen LogP contribution < -0.4 is 10.6 Å². The average molecular weight is 294 g/mol. The lowest BCUT2D eigenvalue weighted by atomic mass is 10.1. The minimum atomic E-state index is -0.406. The number of nitrogens with zero attached hydrogens (tertiary/aromatic N) is 1. The van der Waals surface area contributed by atoms with Crippen LogP contribution in [0.25, 0.3) is 0 Å². The molecule has 6 heteroatoms. The molecule has 0 saturated heterocycles. The van der Waals surface area contributed by atoms with Crippen LogP contribution in [0.4, 0.5) is 15.0 Å². The summed E-state index contributed by atoms with van der Waals surface area (Å²) in [5.74, 6) is 0.0899. The maximum atomic E-state index is 13.4. The van der Waals surface area contributed by atoms with E-state index in [0.29, 0.717) is 29.4 Å². The van der Waals surface area contributed by atoms with Crippen LogP contribution in [0.3, 0.4) is 0 Å². The molecule has 0 aliphatic rings. The minimum Gasteiger partial charge on any atom is -0.337 e. The van der Waals surface area contributed by atoms with E-state index < -0.39 is 6.03 Å². The number of carbonyl (C=O) groups excluding carboxylic acids is 1. The molecule has 0 unspecified atom stereocenters. The fourth-order valence-electron chi connectivity index (χ4n) is 1.65. The number of anilines is 1. The molecule has 0 spiro atoms. The van der Waals surface area contributed by atoms with Crippen LogP contribution in [0.5, 0.6) is 0 Å². The van der Waals surface area contributed by atoms with Crippen LogP contribution in [0.1, 0.15) is 5.56 Å². The number of hydrogen-bond donors (Lipinski definition) is 2. The van der Waals surface area contributed by atoms with Crippen molar-refractivity contribution in [1.29, 1.82) is 0 Å². The summed E-state index contributed by atoms with van der Waals surface area (Å²) in [6, 6.07) is 9.22. The molecule has 1 aromatic carbocycles. The van der Waals surface area contributed by atoms with Crippen molar-refractivity contribution in [3.63, 3.8) is 0 Å². The van der Waals surface area contributed by atoms with Gasteiger partial charge in [-0.3, -0.25) is 5.32 Å². The van der Waals surface area contributed by atoms with Gasteiger partial charge in [-0.1, -0.05) is 29.8 Å². The van der Waals surface area contributed by atoms with E-state index in [1.807, 2.05) is 0 Å². The minimum absolute atomic E-state index is 0.272. The summed E-state index contributed by atoms with van der Waals surface area (Å²) in [6.07, 6.45) is 1.92. The van der Waals surface area contributed by atoms with Crippen LogP contribution in [-0.2, 0) is 6.42 Å². The van der Waals surface area contributed by atoms with E-state index >= 15 is 0 Å². The second-order valence-electron chi connectivity index (χ2n) is 4.08. The summed E-state index contributed by atoms with van der Waals surface area (Å²) in [5.41, 5.74) is 0.564. The number of pyridine rings is 1. The van der Waals surface area contributed by atoms with Crippen LogP contribution in [0.15, 0.2) is 42.6 Å². The predicted molar refractivity (Wildman–Crippen MR) is 76.4 cm³/mol. The molecule has 0 radical (unpaired) electrons. The molecule has 1 heterocycles. The number of halogens is 2. The third kappa shape index (κ3) is 4.20. The number of rotatable bonds is 4. The maximum absolute atomic E-state index is 13.4. The molecule has 104 valence electrons. The summed E-state index contributed by atoms with van der Waals surface area (Å²) in [4.78, 5) is 15.5. The third-order valence-electron chi connectivity index (χ3n) is 2.60. The monoisotopic (exact) mass is 293 g/mol. The van der Waals surface area contributed by atoms with Crippen LogP contribution in [-0.4, -0.2) is 17.6 Å². The van der Waals surface area contributed by atoms with Gasteiger partial charge in [0.05, 0.1) is 0 Å². The molecule has 2 rings (SSSR count). The Balaban J connectivity index is 1.80. The molecular formula is C14H13ClFN3O. The molecule has 0 aliphatic carbocycles. The first-order valence-electron chi connectivity index (χ1n) is 6.05. The quantitative estimate of drug-likeness (QED) is 0.909. The van der Waals surface area contributed by atoms with Gasteiger partial charge in [-0.05, 0) is 30.2 Å². The van der Waals surface area contributed by atoms with E-state index in [1.54, 1.807) is 24.3 Å². The van der Waals surface area contributed by atoms with Gasteiger partial charge in [0, 0.05) is 17.8 Å². The standard InChI is InChI=1S/C14H13ClFN3O/c15-11-6-8-17-13(9-11)19-14(20)18-7-5-10-3-1-2-4-12(10)16/h1-4,6,8-9H,5,7H2,(H2,17,18,19,20). The Kier molecular flexibility index (Phi) is 4.90. The van der Waals surface area contributed by atoms with Gasteiger partial charge in [-0.25, -0.2) is 14.2 Å². The summed E-state index contributed by atoms with van der Waals surface area (Å²) >= 11 is 5.78. The van der Waals surface area contributed by atoms with Crippen molar-refractivity contribution in [2.45, 2.75) is 6.42 Å². The molecule has 2 aromatic rings. The van der Waals surface area contributed by atoms with Crippen LogP contribution in [0, 0.1) is 5.82 Å². The Hall–Kier alpha value is -2.14. The second kappa shape index (κ2) is 6.86. The highest BCUT2D eigenvalue weighted by molar-refractivity contribution is 6.30. The lowest BCUT2D eigenvalue weighted by Gasteiger charge is -2.07. The SMILES string of the molecule is O=C(NCCc1ccccc1F)Nc1cc(Cl)ccn1. The van der Waals surface area contributed by atoms with Gasteiger partial charge in [0.1, 0.15) is 11.6 Å². The number of amides is 2. The highest BCUT2D eigenvalue weighted by Gasteiger charge is 2.04. The normalized spacial score (nSPS) is 10.1. The average Bonchev–Trinajstić information content (AvgIpc) is 2.41. The number of urea groups is 1. The van der Waals surface area contributed by atoms with Crippen molar-refractivity contribution in [2.75, 3.05) is 11.9 Å². The lowest BCUT2D eigenvalue weighted by Crippen LogP contribution is -2.30. The van der Waals surface area contributed by atoms with Crippen molar-refractivity contribution >= 4 is 23.4 Å². The largest absolute Gasteiger partial charge is 0.337 e. The Morgan fingerprint density at radius 3 is 2.85 bits per heavy atom. The number of benzene rings is 1. The maximum Gasteiger partial charge on any atom is 0.320 e. The van der Waals surface area contributed by atoms with E-state index in [-0.39, 0.29) is 5.82 Å². The number of aromatic nitrogens is 1.